The molecule has 1 N–H and O–H groups in total. The molecule has 0 bridgehead atoms. The third-order valence-electron chi connectivity index (χ3n) is 3.30. The Kier molecular flexibility index (Phi) is 4.73. The minimum Gasteiger partial charge on any atom is -0.406 e. The zero-order valence-electron chi connectivity index (χ0n) is 11.5. The van der Waals surface area contributed by atoms with Gasteiger partial charge in [0.2, 0.25) is 0 Å². The van der Waals surface area contributed by atoms with E-state index in [9.17, 15) is 17.6 Å². The summed E-state index contributed by atoms with van der Waals surface area (Å²) in [6, 6.07) is 4.86. The maximum absolute atomic E-state index is 14.8. The number of hydrogen-bond acceptors (Lipinski definition) is 3. The molecule has 0 aliphatic carbocycles. The van der Waals surface area contributed by atoms with Gasteiger partial charge in [0, 0.05) is 19.0 Å². The highest BCUT2D eigenvalue weighted by molar-refractivity contribution is 5.32. The smallest absolute Gasteiger partial charge is 0.406 e. The number of ether oxygens (including phenoxy) is 2. The summed E-state index contributed by atoms with van der Waals surface area (Å²) < 4.78 is 60.5. The quantitative estimate of drug-likeness (QED) is 0.867. The van der Waals surface area contributed by atoms with Gasteiger partial charge in [-0.1, -0.05) is 12.1 Å². The van der Waals surface area contributed by atoms with Crippen LogP contribution in [-0.4, -0.2) is 32.2 Å². The number of benzene rings is 1. The first-order valence-corrected chi connectivity index (χ1v) is 6.63. The summed E-state index contributed by atoms with van der Waals surface area (Å²) in [7, 11) is 0. The Morgan fingerprint density at radius 1 is 1.33 bits per heavy atom. The van der Waals surface area contributed by atoms with Crippen LogP contribution in [0.1, 0.15) is 18.9 Å². The molecule has 0 spiro atoms. The molecule has 0 saturated carbocycles. The summed E-state index contributed by atoms with van der Waals surface area (Å²) in [4.78, 5) is 0. The van der Waals surface area contributed by atoms with Gasteiger partial charge in [-0.15, -0.1) is 13.2 Å². The lowest BCUT2D eigenvalue weighted by molar-refractivity contribution is -0.274. The van der Waals surface area contributed by atoms with Crippen LogP contribution in [0, 0.1) is 0 Å². The largest absolute Gasteiger partial charge is 0.573 e. The molecular weight excluding hydrogens is 290 g/mol. The predicted molar refractivity (Wildman–Crippen MR) is 68.8 cm³/mol. The standard InChI is InChI=1S/C14H17F4NO2/c1-13(15,8-11-9-20-6-5-19-11)10-3-2-4-12(7-10)21-14(16,17)18/h2-4,7,11,19H,5-6,8-9H2,1H3. The van der Waals surface area contributed by atoms with Gasteiger partial charge in [0.15, 0.2) is 0 Å². The molecule has 0 amide bonds. The lowest BCUT2D eigenvalue weighted by atomic mass is 9.90. The maximum atomic E-state index is 14.8. The summed E-state index contributed by atoms with van der Waals surface area (Å²) >= 11 is 0. The summed E-state index contributed by atoms with van der Waals surface area (Å²) in [6.45, 7) is 2.95. The first-order valence-electron chi connectivity index (χ1n) is 6.63. The normalized spacial score (nSPS) is 22.6. The fourth-order valence-corrected chi connectivity index (χ4v) is 2.35. The van der Waals surface area contributed by atoms with E-state index in [2.05, 4.69) is 10.1 Å². The zero-order valence-corrected chi connectivity index (χ0v) is 11.5. The van der Waals surface area contributed by atoms with E-state index >= 15 is 0 Å². The van der Waals surface area contributed by atoms with E-state index in [4.69, 9.17) is 4.74 Å². The Balaban J connectivity index is 2.09. The fraction of sp³-hybridized carbons (Fsp3) is 0.571. The minimum absolute atomic E-state index is 0.114. The molecule has 3 nitrogen and oxygen atoms in total. The highest BCUT2D eigenvalue weighted by Crippen LogP contribution is 2.34. The van der Waals surface area contributed by atoms with Crippen molar-refractivity contribution >= 4 is 0 Å². The van der Waals surface area contributed by atoms with E-state index < -0.39 is 17.8 Å². The summed E-state index contributed by atoms with van der Waals surface area (Å²) in [6.07, 6.45) is -4.67. The highest BCUT2D eigenvalue weighted by Gasteiger charge is 2.34. The van der Waals surface area contributed by atoms with Crippen LogP contribution in [0.25, 0.3) is 0 Å². The van der Waals surface area contributed by atoms with Crippen LogP contribution in [0.4, 0.5) is 17.6 Å². The second-order valence-electron chi connectivity index (χ2n) is 5.20. The van der Waals surface area contributed by atoms with Crippen LogP contribution in [0.15, 0.2) is 24.3 Å². The first kappa shape index (κ1) is 16.0. The maximum Gasteiger partial charge on any atom is 0.573 e. The van der Waals surface area contributed by atoms with Gasteiger partial charge >= 0.3 is 6.36 Å². The molecule has 0 radical (unpaired) electrons. The predicted octanol–water partition coefficient (Wildman–Crippen LogP) is 3.15. The lowest BCUT2D eigenvalue weighted by Gasteiger charge is -2.30. The molecule has 1 saturated heterocycles. The van der Waals surface area contributed by atoms with E-state index in [1.54, 1.807) is 0 Å². The topological polar surface area (TPSA) is 30.5 Å². The Morgan fingerprint density at radius 2 is 2.10 bits per heavy atom. The zero-order chi connectivity index (χ0) is 15.5. The molecule has 0 aromatic heterocycles. The second kappa shape index (κ2) is 6.19. The average molecular weight is 307 g/mol. The average Bonchev–Trinajstić information content (AvgIpc) is 2.37. The van der Waals surface area contributed by atoms with Gasteiger partial charge in [0.1, 0.15) is 11.4 Å². The van der Waals surface area contributed by atoms with Crippen molar-refractivity contribution in [1.29, 1.82) is 0 Å². The first-order chi connectivity index (χ1) is 9.76. The van der Waals surface area contributed by atoms with E-state index in [0.29, 0.717) is 19.8 Å². The molecule has 1 fully saturated rings. The monoisotopic (exact) mass is 307 g/mol. The van der Waals surface area contributed by atoms with E-state index in [0.717, 1.165) is 12.1 Å². The Morgan fingerprint density at radius 3 is 2.71 bits per heavy atom. The van der Waals surface area contributed by atoms with Crippen LogP contribution in [-0.2, 0) is 10.4 Å². The molecule has 7 heteroatoms. The third-order valence-corrected chi connectivity index (χ3v) is 3.30. The van der Waals surface area contributed by atoms with E-state index in [1.165, 1.54) is 19.1 Å². The van der Waals surface area contributed by atoms with E-state index in [-0.39, 0.29) is 18.0 Å². The number of hydrogen-bond donors (Lipinski definition) is 1. The number of rotatable bonds is 4. The van der Waals surface area contributed by atoms with Gasteiger partial charge in [-0.05, 0) is 24.6 Å². The van der Waals surface area contributed by atoms with Gasteiger partial charge < -0.3 is 14.8 Å². The van der Waals surface area contributed by atoms with Crippen molar-refractivity contribution in [1.82, 2.24) is 5.32 Å². The fourth-order valence-electron chi connectivity index (χ4n) is 2.35. The molecule has 1 aliphatic rings. The lowest BCUT2D eigenvalue weighted by Crippen LogP contribution is -2.44. The Hall–Kier alpha value is -1.34. The third kappa shape index (κ3) is 4.86. The highest BCUT2D eigenvalue weighted by atomic mass is 19.4. The van der Waals surface area contributed by atoms with Crippen LogP contribution in [0.5, 0.6) is 5.75 Å². The van der Waals surface area contributed by atoms with E-state index in [1.807, 2.05) is 0 Å². The Labute approximate surface area is 120 Å². The molecule has 118 valence electrons. The molecule has 2 rings (SSSR count). The van der Waals surface area contributed by atoms with Gasteiger partial charge in [0.25, 0.3) is 0 Å². The number of halogens is 4. The molecule has 1 aromatic carbocycles. The summed E-state index contributed by atoms with van der Waals surface area (Å²) in [5.74, 6) is -0.420. The minimum atomic E-state index is -4.79. The number of nitrogens with one attached hydrogen (secondary N) is 1. The number of morpholine rings is 1. The van der Waals surface area contributed by atoms with Gasteiger partial charge in [-0.3, -0.25) is 0 Å². The molecule has 21 heavy (non-hydrogen) atoms. The molecule has 2 unspecified atom stereocenters. The number of alkyl halides is 4. The van der Waals surface area contributed by atoms with Crippen molar-refractivity contribution in [2.24, 2.45) is 0 Å². The molecule has 2 atom stereocenters. The van der Waals surface area contributed by atoms with Crippen molar-refractivity contribution in [3.63, 3.8) is 0 Å². The van der Waals surface area contributed by atoms with Crippen LogP contribution in [0.2, 0.25) is 0 Å². The second-order valence-corrected chi connectivity index (χ2v) is 5.20. The van der Waals surface area contributed by atoms with Gasteiger partial charge in [-0.2, -0.15) is 0 Å². The van der Waals surface area contributed by atoms with Crippen molar-refractivity contribution in [2.45, 2.75) is 31.4 Å². The molecule has 1 heterocycles. The van der Waals surface area contributed by atoms with Crippen LogP contribution >= 0.6 is 0 Å². The molecule has 1 aromatic rings. The van der Waals surface area contributed by atoms with Crippen molar-refractivity contribution in [2.75, 3.05) is 19.8 Å². The summed E-state index contributed by atoms with van der Waals surface area (Å²) in [5.41, 5.74) is -1.62. The SMILES string of the molecule is CC(F)(CC1COCCN1)c1cccc(OC(F)(F)F)c1. The van der Waals surface area contributed by atoms with Crippen molar-refractivity contribution in [3.05, 3.63) is 29.8 Å². The van der Waals surface area contributed by atoms with Crippen LogP contribution < -0.4 is 10.1 Å². The van der Waals surface area contributed by atoms with Crippen LogP contribution in [0.3, 0.4) is 0 Å². The summed E-state index contributed by atoms with van der Waals surface area (Å²) in [5, 5.41) is 3.12. The molecule has 1 aliphatic heterocycles. The van der Waals surface area contributed by atoms with Crippen molar-refractivity contribution in [3.8, 4) is 5.75 Å². The molecular formula is C14H17F4NO2. The van der Waals surface area contributed by atoms with Gasteiger partial charge in [-0.25, -0.2) is 4.39 Å². The van der Waals surface area contributed by atoms with Crippen molar-refractivity contribution < 1.29 is 27.0 Å². The van der Waals surface area contributed by atoms with Gasteiger partial charge in [0.05, 0.1) is 13.2 Å². The Bertz CT molecular complexity index is 470.